The summed E-state index contributed by atoms with van der Waals surface area (Å²) in [6, 6.07) is 32.9. The van der Waals surface area contributed by atoms with Crippen molar-refractivity contribution in [2.24, 2.45) is 0 Å². The van der Waals surface area contributed by atoms with Gasteiger partial charge in [0.1, 0.15) is 22.3 Å². The molecule has 0 aliphatic carbocycles. The first-order chi connectivity index (χ1) is 23.9. The van der Waals surface area contributed by atoms with E-state index in [1.165, 1.54) is 0 Å². The van der Waals surface area contributed by atoms with Gasteiger partial charge in [-0.1, -0.05) is 115 Å². The minimum atomic E-state index is -0.441. The molecule has 5 nitrogen and oxygen atoms in total. The average molecular weight is 571 g/mol. The summed E-state index contributed by atoms with van der Waals surface area (Å²) in [6.07, 6.45) is 0. The Balaban J connectivity index is 1.25. The Labute approximate surface area is 259 Å². The maximum absolute atomic E-state index is 8.55. The minimum absolute atomic E-state index is 0.0882. The third-order valence-corrected chi connectivity index (χ3v) is 7.84. The molecule has 5 heteroatoms. The first-order valence-corrected chi connectivity index (χ1v) is 14.1. The van der Waals surface area contributed by atoms with Gasteiger partial charge >= 0.3 is 0 Å². The average Bonchev–Trinajstić information content (AvgIpc) is 3.72. The van der Waals surface area contributed by atoms with Crippen molar-refractivity contribution in [2.75, 3.05) is 0 Å². The lowest BCUT2D eigenvalue weighted by molar-refractivity contribution is 0.669. The first kappa shape index (κ1) is 19.9. The predicted octanol–water partition coefficient (Wildman–Crippen LogP) is 10.3. The van der Waals surface area contributed by atoms with Crippen LogP contribution < -0.4 is 0 Å². The van der Waals surface area contributed by atoms with E-state index in [4.69, 9.17) is 30.6 Å². The van der Waals surface area contributed by atoms with E-state index in [1.54, 1.807) is 12.1 Å². The standard InChI is InChI=1S/C39H23N3O2/c1-3-11-24(12-4-1)27-16-9-17-31-29-22-21-26(23-34(29)44-35(27)31)38-40-37(25-13-5-2-6-14-25)41-39(42-38)32-19-10-18-30-28-15-7-8-20-33(28)43-36(30)32/h1-23H/i1D,3D,4D,11D,12D. The Morgan fingerprint density at radius 2 is 1.05 bits per heavy atom. The molecule has 3 heterocycles. The molecule has 0 bridgehead atoms. The SMILES string of the molecule is [2H]c1c([2H])c([2H])c(-c2cccc3c2oc2cc(-c4nc(-c5ccccc5)nc(-c5cccc6c5oc5ccccc56)n4)ccc23)c([2H])c1[2H]. The molecule has 0 N–H and O–H groups in total. The smallest absolute Gasteiger partial charge is 0.167 e. The highest BCUT2D eigenvalue weighted by Crippen LogP contribution is 2.38. The van der Waals surface area contributed by atoms with E-state index in [0.29, 0.717) is 45.3 Å². The fraction of sp³-hybridized carbons (Fsp3) is 0. The normalized spacial score (nSPS) is 13.2. The molecule has 3 aromatic heterocycles. The van der Waals surface area contributed by atoms with Crippen molar-refractivity contribution < 1.29 is 15.7 Å². The second-order valence-corrected chi connectivity index (χ2v) is 10.4. The van der Waals surface area contributed by atoms with Crippen molar-refractivity contribution in [2.45, 2.75) is 0 Å². The van der Waals surface area contributed by atoms with Gasteiger partial charge in [-0.05, 0) is 29.8 Å². The molecule has 0 spiro atoms. The molecule has 0 radical (unpaired) electrons. The summed E-state index contributed by atoms with van der Waals surface area (Å²) in [4.78, 5) is 14.8. The third-order valence-electron chi connectivity index (χ3n) is 7.84. The predicted molar refractivity (Wildman–Crippen MR) is 176 cm³/mol. The summed E-state index contributed by atoms with van der Waals surface area (Å²) in [6.45, 7) is 0. The zero-order valence-electron chi connectivity index (χ0n) is 28.1. The van der Waals surface area contributed by atoms with Gasteiger partial charge in [-0.2, -0.15) is 0 Å². The third kappa shape index (κ3) is 3.91. The summed E-state index contributed by atoms with van der Waals surface area (Å²) in [5, 5.41) is 3.53. The molecule has 9 aromatic rings. The van der Waals surface area contributed by atoms with Crippen LogP contribution in [0, 0.1) is 0 Å². The zero-order chi connectivity index (χ0) is 33.4. The molecule has 9 rings (SSSR count). The first-order valence-electron chi connectivity index (χ1n) is 16.6. The highest BCUT2D eigenvalue weighted by atomic mass is 16.3. The van der Waals surface area contributed by atoms with Gasteiger partial charge in [0, 0.05) is 38.2 Å². The Morgan fingerprint density at radius 1 is 0.432 bits per heavy atom. The van der Waals surface area contributed by atoms with Crippen LogP contribution in [-0.2, 0) is 0 Å². The molecule has 0 unspecified atom stereocenters. The molecule has 44 heavy (non-hydrogen) atoms. The van der Waals surface area contributed by atoms with Gasteiger partial charge in [-0.25, -0.2) is 15.0 Å². The number of hydrogen-bond acceptors (Lipinski definition) is 5. The van der Waals surface area contributed by atoms with Crippen LogP contribution in [0.4, 0.5) is 0 Å². The second-order valence-electron chi connectivity index (χ2n) is 10.4. The van der Waals surface area contributed by atoms with E-state index >= 15 is 0 Å². The molecular formula is C39H23N3O2. The molecule has 0 amide bonds. The summed E-state index contributed by atoms with van der Waals surface area (Å²) in [7, 11) is 0. The Hall–Kier alpha value is -6.07. The van der Waals surface area contributed by atoms with Crippen molar-refractivity contribution in [3.05, 3.63) is 139 Å². The quantitative estimate of drug-likeness (QED) is 0.211. The van der Waals surface area contributed by atoms with Crippen LogP contribution in [0.1, 0.15) is 6.85 Å². The topological polar surface area (TPSA) is 65.0 Å². The van der Waals surface area contributed by atoms with Crippen molar-refractivity contribution in [1.29, 1.82) is 0 Å². The van der Waals surface area contributed by atoms with Gasteiger partial charge in [-0.3, -0.25) is 0 Å². The number of fused-ring (bicyclic) bond motifs is 6. The van der Waals surface area contributed by atoms with Crippen LogP contribution in [-0.4, -0.2) is 15.0 Å². The lowest BCUT2D eigenvalue weighted by Gasteiger charge is -2.08. The lowest BCUT2D eigenvalue weighted by Crippen LogP contribution is -2.00. The van der Waals surface area contributed by atoms with E-state index in [-0.39, 0.29) is 17.6 Å². The van der Waals surface area contributed by atoms with Crippen molar-refractivity contribution >= 4 is 43.9 Å². The zero-order valence-corrected chi connectivity index (χ0v) is 23.1. The monoisotopic (exact) mass is 570 g/mol. The molecule has 0 aliphatic rings. The minimum Gasteiger partial charge on any atom is -0.455 e. The van der Waals surface area contributed by atoms with E-state index in [9.17, 15) is 0 Å². The van der Waals surface area contributed by atoms with E-state index in [2.05, 4.69) is 0 Å². The fourth-order valence-electron chi connectivity index (χ4n) is 5.78. The van der Waals surface area contributed by atoms with Crippen molar-refractivity contribution in [3.63, 3.8) is 0 Å². The number of nitrogens with zero attached hydrogens (tertiary/aromatic N) is 3. The number of para-hydroxylation sites is 3. The highest BCUT2D eigenvalue weighted by molar-refractivity contribution is 6.11. The Bertz CT molecular complexity index is 2760. The van der Waals surface area contributed by atoms with Crippen LogP contribution >= 0.6 is 0 Å². The summed E-state index contributed by atoms with van der Waals surface area (Å²) in [5.74, 6) is 1.40. The number of rotatable bonds is 4. The van der Waals surface area contributed by atoms with Gasteiger partial charge in [0.15, 0.2) is 17.5 Å². The van der Waals surface area contributed by atoms with Crippen LogP contribution in [0.2, 0.25) is 0 Å². The van der Waals surface area contributed by atoms with Crippen LogP contribution in [0.25, 0.3) is 89.2 Å². The number of aromatic nitrogens is 3. The molecule has 0 fully saturated rings. The molecule has 0 saturated carbocycles. The van der Waals surface area contributed by atoms with Crippen LogP contribution in [0.5, 0.6) is 0 Å². The van der Waals surface area contributed by atoms with Crippen molar-refractivity contribution in [1.82, 2.24) is 15.0 Å². The number of benzene rings is 6. The highest BCUT2D eigenvalue weighted by Gasteiger charge is 2.19. The molecule has 0 saturated heterocycles. The van der Waals surface area contributed by atoms with E-state index < -0.39 is 18.1 Å². The molecule has 0 aliphatic heterocycles. The number of furan rings is 2. The number of hydrogen-bond donors (Lipinski definition) is 0. The van der Waals surface area contributed by atoms with Gasteiger partial charge in [0.25, 0.3) is 0 Å². The summed E-state index contributed by atoms with van der Waals surface area (Å²) >= 11 is 0. The summed E-state index contributed by atoms with van der Waals surface area (Å²) < 4.78 is 54.3. The van der Waals surface area contributed by atoms with E-state index in [1.807, 2.05) is 97.1 Å². The van der Waals surface area contributed by atoms with Crippen LogP contribution in [0.15, 0.2) is 148 Å². The molecule has 206 valence electrons. The van der Waals surface area contributed by atoms with E-state index in [0.717, 1.165) is 38.3 Å². The van der Waals surface area contributed by atoms with Gasteiger partial charge in [-0.15, -0.1) is 0 Å². The van der Waals surface area contributed by atoms with Crippen molar-refractivity contribution in [3.8, 4) is 45.3 Å². The molecule has 6 aromatic carbocycles. The fourth-order valence-corrected chi connectivity index (χ4v) is 5.78. The molecule has 0 atom stereocenters. The molecular weight excluding hydrogens is 542 g/mol. The lowest BCUT2D eigenvalue weighted by atomic mass is 10.0. The Kier molecular flexibility index (Phi) is 4.42. The second kappa shape index (κ2) is 9.75. The summed E-state index contributed by atoms with van der Waals surface area (Å²) in [5.41, 5.74) is 5.19. The maximum atomic E-state index is 8.55. The van der Waals surface area contributed by atoms with Gasteiger partial charge in [0.05, 0.1) is 12.4 Å². The van der Waals surface area contributed by atoms with Gasteiger partial charge < -0.3 is 8.83 Å². The van der Waals surface area contributed by atoms with Gasteiger partial charge in [0.2, 0.25) is 0 Å². The maximum Gasteiger partial charge on any atom is 0.167 e. The van der Waals surface area contributed by atoms with Crippen LogP contribution in [0.3, 0.4) is 0 Å². The largest absolute Gasteiger partial charge is 0.455 e. The Morgan fingerprint density at radius 3 is 1.86 bits per heavy atom.